The van der Waals surface area contributed by atoms with Crippen molar-refractivity contribution in [3.63, 3.8) is 0 Å². The van der Waals surface area contributed by atoms with Crippen molar-refractivity contribution in [3.8, 4) is 0 Å². The molecule has 2 rings (SSSR count). The number of sulfonamides is 1. The summed E-state index contributed by atoms with van der Waals surface area (Å²) in [5.74, 6) is -2.48. The van der Waals surface area contributed by atoms with Crippen LogP contribution in [0.15, 0.2) is 41.7 Å². The van der Waals surface area contributed by atoms with E-state index in [2.05, 4.69) is 14.7 Å². The van der Waals surface area contributed by atoms with E-state index >= 15 is 0 Å². The van der Waals surface area contributed by atoms with E-state index in [0.717, 1.165) is 12.1 Å². The van der Waals surface area contributed by atoms with E-state index in [1.165, 1.54) is 18.6 Å². The zero-order chi connectivity index (χ0) is 15.5. The number of halogens is 1. The summed E-state index contributed by atoms with van der Waals surface area (Å²) in [5, 5.41) is 8.71. The van der Waals surface area contributed by atoms with Crippen LogP contribution in [0.2, 0.25) is 0 Å². The third kappa shape index (κ3) is 3.58. The lowest BCUT2D eigenvalue weighted by atomic mass is 10.2. The standard InChI is InChI=1S/C12H10FN3O4S/c13-10-5-8(12(17)18)1-2-11(10)21(19,20)16-6-9-3-4-14-7-15-9/h1-5,7,16H,6H2,(H,17,18). The topological polar surface area (TPSA) is 109 Å². The molecule has 0 unspecified atom stereocenters. The molecule has 2 aromatic rings. The molecule has 1 aromatic heterocycles. The molecule has 0 radical (unpaired) electrons. The van der Waals surface area contributed by atoms with Crippen LogP contribution in [0, 0.1) is 5.82 Å². The number of rotatable bonds is 5. The van der Waals surface area contributed by atoms with E-state index in [0.29, 0.717) is 11.8 Å². The molecule has 0 aliphatic carbocycles. The van der Waals surface area contributed by atoms with Crippen LogP contribution in [-0.2, 0) is 16.6 Å². The van der Waals surface area contributed by atoms with Crippen molar-refractivity contribution >= 4 is 16.0 Å². The number of aromatic carboxylic acids is 1. The van der Waals surface area contributed by atoms with Crippen molar-refractivity contribution in [2.75, 3.05) is 0 Å². The van der Waals surface area contributed by atoms with Crippen LogP contribution in [0.5, 0.6) is 0 Å². The Balaban J connectivity index is 2.22. The van der Waals surface area contributed by atoms with Gasteiger partial charge < -0.3 is 5.11 Å². The summed E-state index contributed by atoms with van der Waals surface area (Å²) in [4.78, 5) is 17.6. The van der Waals surface area contributed by atoms with Crippen molar-refractivity contribution in [3.05, 3.63) is 53.9 Å². The Hall–Kier alpha value is -2.39. The number of nitrogens with zero attached hydrogens (tertiary/aromatic N) is 2. The van der Waals surface area contributed by atoms with Gasteiger partial charge in [0.05, 0.1) is 17.8 Å². The molecule has 0 fully saturated rings. The predicted molar refractivity (Wildman–Crippen MR) is 69.4 cm³/mol. The van der Waals surface area contributed by atoms with Gasteiger partial charge in [0.2, 0.25) is 10.0 Å². The first-order valence-electron chi connectivity index (χ1n) is 5.67. The van der Waals surface area contributed by atoms with Crippen LogP contribution < -0.4 is 4.72 Å². The molecule has 2 N–H and O–H groups in total. The van der Waals surface area contributed by atoms with Crippen molar-refractivity contribution in [1.82, 2.24) is 14.7 Å². The van der Waals surface area contributed by atoms with Crippen LogP contribution in [-0.4, -0.2) is 29.5 Å². The molecule has 0 bridgehead atoms. The molecule has 0 amide bonds. The molecule has 1 aromatic carbocycles. The number of aromatic nitrogens is 2. The van der Waals surface area contributed by atoms with Crippen molar-refractivity contribution in [2.24, 2.45) is 0 Å². The summed E-state index contributed by atoms with van der Waals surface area (Å²) in [7, 11) is -4.11. The highest BCUT2D eigenvalue weighted by Gasteiger charge is 2.20. The summed E-state index contributed by atoms with van der Waals surface area (Å²) >= 11 is 0. The number of carbonyl (C=O) groups is 1. The molecule has 7 nitrogen and oxygen atoms in total. The highest BCUT2D eigenvalue weighted by molar-refractivity contribution is 7.89. The van der Waals surface area contributed by atoms with Crippen molar-refractivity contribution < 1.29 is 22.7 Å². The zero-order valence-corrected chi connectivity index (χ0v) is 11.3. The van der Waals surface area contributed by atoms with Gasteiger partial charge in [-0.05, 0) is 24.3 Å². The summed E-state index contributed by atoms with van der Waals surface area (Å²) in [6, 6.07) is 4.08. The summed E-state index contributed by atoms with van der Waals surface area (Å²) in [6.07, 6.45) is 2.70. The van der Waals surface area contributed by atoms with Gasteiger partial charge in [-0.1, -0.05) is 0 Å². The molecule has 9 heteroatoms. The number of nitrogens with one attached hydrogen (secondary N) is 1. The molecule has 0 saturated carbocycles. The molecular formula is C12H10FN3O4S. The average molecular weight is 311 g/mol. The second-order valence-electron chi connectivity index (χ2n) is 3.98. The first kappa shape index (κ1) is 15.0. The molecule has 0 spiro atoms. The molecule has 0 aliphatic rings. The maximum atomic E-state index is 13.7. The lowest BCUT2D eigenvalue weighted by Gasteiger charge is -2.07. The Labute approximate surface area is 119 Å². The van der Waals surface area contributed by atoms with Crippen LogP contribution in [0.1, 0.15) is 16.1 Å². The van der Waals surface area contributed by atoms with E-state index in [4.69, 9.17) is 5.11 Å². The first-order chi connectivity index (χ1) is 9.90. The summed E-state index contributed by atoms with van der Waals surface area (Å²) in [5.41, 5.74) is 0.0818. The maximum Gasteiger partial charge on any atom is 0.335 e. The van der Waals surface area contributed by atoms with Crippen molar-refractivity contribution in [1.29, 1.82) is 0 Å². The Morgan fingerprint density at radius 1 is 1.33 bits per heavy atom. The van der Waals surface area contributed by atoms with Crippen LogP contribution in [0.25, 0.3) is 0 Å². The van der Waals surface area contributed by atoms with Gasteiger partial charge in [-0.25, -0.2) is 32.3 Å². The fraction of sp³-hybridized carbons (Fsp3) is 0.0833. The molecule has 0 aliphatic heterocycles. The highest BCUT2D eigenvalue weighted by Crippen LogP contribution is 2.16. The second kappa shape index (κ2) is 5.94. The Kier molecular flexibility index (Phi) is 4.24. The largest absolute Gasteiger partial charge is 0.478 e. The molecule has 0 saturated heterocycles. The molecule has 110 valence electrons. The van der Waals surface area contributed by atoms with Gasteiger partial charge in [0.1, 0.15) is 17.0 Å². The number of benzene rings is 1. The fourth-order valence-electron chi connectivity index (χ4n) is 1.52. The van der Waals surface area contributed by atoms with Gasteiger partial charge in [0, 0.05) is 6.20 Å². The average Bonchev–Trinajstić information content (AvgIpc) is 2.46. The van der Waals surface area contributed by atoms with E-state index in [-0.39, 0.29) is 12.1 Å². The van der Waals surface area contributed by atoms with Crippen molar-refractivity contribution in [2.45, 2.75) is 11.4 Å². The summed E-state index contributed by atoms with van der Waals surface area (Å²) in [6.45, 7) is -0.134. The van der Waals surface area contributed by atoms with Gasteiger partial charge in [0.15, 0.2) is 0 Å². The monoisotopic (exact) mass is 311 g/mol. The Morgan fingerprint density at radius 3 is 2.67 bits per heavy atom. The van der Waals surface area contributed by atoms with Gasteiger partial charge in [-0.15, -0.1) is 0 Å². The Morgan fingerprint density at radius 2 is 2.10 bits per heavy atom. The SMILES string of the molecule is O=C(O)c1ccc(S(=O)(=O)NCc2ccncn2)c(F)c1. The third-order valence-corrected chi connectivity index (χ3v) is 3.99. The maximum absolute atomic E-state index is 13.7. The van der Waals surface area contributed by atoms with E-state index < -0.39 is 26.7 Å². The smallest absolute Gasteiger partial charge is 0.335 e. The number of hydrogen-bond donors (Lipinski definition) is 2. The second-order valence-corrected chi connectivity index (χ2v) is 5.71. The normalized spacial score (nSPS) is 11.3. The number of hydrogen-bond acceptors (Lipinski definition) is 5. The van der Waals surface area contributed by atoms with Crippen LogP contribution in [0.3, 0.4) is 0 Å². The van der Waals surface area contributed by atoms with Gasteiger partial charge >= 0.3 is 5.97 Å². The first-order valence-corrected chi connectivity index (χ1v) is 7.16. The summed E-state index contributed by atoms with van der Waals surface area (Å²) < 4.78 is 39.8. The zero-order valence-electron chi connectivity index (χ0n) is 10.5. The lowest BCUT2D eigenvalue weighted by Crippen LogP contribution is -2.24. The fourth-order valence-corrected chi connectivity index (χ4v) is 2.58. The minimum Gasteiger partial charge on any atom is -0.478 e. The van der Waals surface area contributed by atoms with E-state index in [9.17, 15) is 17.6 Å². The number of carboxylic acids is 1. The quantitative estimate of drug-likeness (QED) is 0.845. The molecule has 21 heavy (non-hydrogen) atoms. The van der Waals surface area contributed by atoms with Gasteiger partial charge in [-0.3, -0.25) is 0 Å². The van der Waals surface area contributed by atoms with Crippen LogP contribution in [0.4, 0.5) is 4.39 Å². The molecular weight excluding hydrogens is 301 g/mol. The minimum atomic E-state index is -4.11. The third-order valence-electron chi connectivity index (χ3n) is 2.55. The molecule has 0 atom stereocenters. The number of carboxylic acid groups (broad SMARTS) is 1. The van der Waals surface area contributed by atoms with Gasteiger partial charge in [-0.2, -0.15) is 0 Å². The highest BCUT2D eigenvalue weighted by atomic mass is 32.2. The van der Waals surface area contributed by atoms with E-state index in [1.54, 1.807) is 0 Å². The lowest BCUT2D eigenvalue weighted by molar-refractivity contribution is 0.0696. The Bertz CT molecular complexity index is 765. The van der Waals surface area contributed by atoms with Crippen LogP contribution >= 0.6 is 0 Å². The van der Waals surface area contributed by atoms with Gasteiger partial charge in [0.25, 0.3) is 0 Å². The minimum absolute atomic E-state index is 0.134. The molecule has 1 heterocycles. The van der Waals surface area contributed by atoms with E-state index in [1.807, 2.05) is 0 Å². The predicted octanol–water partition coefficient (Wildman–Crippen LogP) is 0.792.